The first kappa shape index (κ1) is 7.60. The van der Waals surface area contributed by atoms with Crippen LogP contribution in [0.15, 0.2) is 12.2 Å². The summed E-state index contributed by atoms with van der Waals surface area (Å²) in [6, 6.07) is 0. The van der Waals surface area contributed by atoms with Crippen LogP contribution < -0.4 is 0 Å². The molecule has 0 bridgehead atoms. The Hall–Kier alpha value is -0.400. The highest BCUT2D eigenvalue weighted by atomic mass is 19.3. The summed E-state index contributed by atoms with van der Waals surface area (Å²) in [6.45, 7) is 2.64. The van der Waals surface area contributed by atoms with Crippen molar-refractivity contribution in [1.82, 2.24) is 0 Å². The lowest BCUT2D eigenvalue weighted by Gasteiger charge is -2.03. The van der Waals surface area contributed by atoms with Gasteiger partial charge in [0.15, 0.2) is 0 Å². The van der Waals surface area contributed by atoms with E-state index < -0.39 is 5.92 Å². The fourth-order valence-corrected chi connectivity index (χ4v) is 0.325. The van der Waals surface area contributed by atoms with Crippen molar-refractivity contribution < 1.29 is 8.78 Å². The Labute approximate surface area is 48.2 Å². The molecular weight excluding hydrogens is 110 g/mol. The van der Waals surface area contributed by atoms with E-state index in [2.05, 4.69) is 0 Å². The van der Waals surface area contributed by atoms with Gasteiger partial charge in [-0.2, -0.15) is 0 Å². The molecule has 0 rings (SSSR count). The van der Waals surface area contributed by atoms with Crippen LogP contribution in [0.5, 0.6) is 0 Å². The molecule has 0 heterocycles. The minimum atomic E-state index is -2.54. The highest BCUT2D eigenvalue weighted by molar-refractivity contribution is 4.81. The topological polar surface area (TPSA) is 0 Å². The highest BCUT2D eigenvalue weighted by Gasteiger charge is 2.17. The van der Waals surface area contributed by atoms with Gasteiger partial charge in [-0.3, -0.25) is 0 Å². The largest absolute Gasteiger partial charge is 0.248 e. The van der Waals surface area contributed by atoms with E-state index in [1.54, 1.807) is 13.0 Å². The second kappa shape index (κ2) is 2.80. The summed E-state index contributed by atoms with van der Waals surface area (Å²) in [6.07, 6.45) is 2.93. The molecule has 0 nitrogen and oxygen atoms in total. The third kappa shape index (κ3) is 5.60. The Bertz CT molecular complexity index is 79.0. The van der Waals surface area contributed by atoms with E-state index in [1.165, 1.54) is 6.08 Å². The molecule has 0 atom stereocenters. The van der Waals surface area contributed by atoms with Crippen LogP contribution in [-0.4, -0.2) is 5.92 Å². The molecule has 0 aliphatic heterocycles. The lowest BCUT2D eigenvalue weighted by Crippen LogP contribution is -2.06. The standard InChI is InChI=1S/C6H10F2/c1-3-4-5-6(2,7)8/h3-4H,5H2,1-2H3. The molecule has 0 fully saturated rings. The van der Waals surface area contributed by atoms with Crippen molar-refractivity contribution in [2.75, 3.05) is 0 Å². The van der Waals surface area contributed by atoms with Gasteiger partial charge in [0.1, 0.15) is 0 Å². The quantitative estimate of drug-likeness (QED) is 0.491. The molecule has 0 aromatic carbocycles. The van der Waals surface area contributed by atoms with E-state index >= 15 is 0 Å². The van der Waals surface area contributed by atoms with Crippen molar-refractivity contribution in [1.29, 1.82) is 0 Å². The van der Waals surface area contributed by atoms with Crippen LogP contribution in [0.25, 0.3) is 0 Å². The summed E-state index contributed by atoms with van der Waals surface area (Å²) in [4.78, 5) is 0. The van der Waals surface area contributed by atoms with Gasteiger partial charge in [0.2, 0.25) is 5.92 Å². The number of alkyl halides is 2. The highest BCUT2D eigenvalue weighted by Crippen LogP contribution is 2.16. The van der Waals surface area contributed by atoms with Crippen molar-refractivity contribution in [2.45, 2.75) is 26.2 Å². The molecule has 0 spiro atoms. The molecule has 8 heavy (non-hydrogen) atoms. The zero-order valence-corrected chi connectivity index (χ0v) is 5.12. The van der Waals surface area contributed by atoms with Gasteiger partial charge < -0.3 is 0 Å². The predicted molar refractivity (Wildman–Crippen MR) is 30.1 cm³/mol. The van der Waals surface area contributed by atoms with Crippen LogP contribution in [0, 0.1) is 0 Å². The minimum absolute atomic E-state index is 0.149. The molecule has 0 radical (unpaired) electrons. The third-order valence-electron chi connectivity index (χ3n) is 0.712. The molecule has 0 aliphatic carbocycles. The van der Waals surface area contributed by atoms with Crippen molar-refractivity contribution in [3.8, 4) is 0 Å². The maximum atomic E-state index is 11.9. The summed E-state index contributed by atoms with van der Waals surface area (Å²) in [5.74, 6) is -2.54. The zero-order chi connectivity index (χ0) is 6.62. The van der Waals surface area contributed by atoms with Gasteiger partial charge in [-0.05, 0) is 13.8 Å². The Morgan fingerprint density at radius 1 is 1.50 bits per heavy atom. The van der Waals surface area contributed by atoms with Gasteiger partial charge in [0.25, 0.3) is 0 Å². The van der Waals surface area contributed by atoms with Crippen LogP contribution in [0.2, 0.25) is 0 Å². The summed E-state index contributed by atoms with van der Waals surface area (Å²) >= 11 is 0. The van der Waals surface area contributed by atoms with Crippen molar-refractivity contribution >= 4 is 0 Å². The van der Waals surface area contributed by atoms with Gasteiger partial charge in [-0.1, -0.05) is 12.2 Å². The Morgan fingerprint density at radius 2 is 2.00 bits per heavy atom. The van der Waals surface area contributed by atoms with Crippen molar-refractivity contribution in [3.05, 3.63) is 12.2 Å². The molecule has 0 N–H and O–H groups in total. The van der Waals surface area contributed by atoms with E-state index in [4.69, 9.17) is 0 Å². The molecule has 0 amide bonds. The van der Waals surface area contributed by atoms with Gasteiger partial charge >= 0.3 is 0 Å². The lowest BCUT2D eigenvalue weighted by atomic mass is 10.2. The van der Waals surface area contributed by atoms with Crippen LogP contribution in [-0.2, 0) is 0 Å². The monoisotopic (exact) mass is 120 g/mol. The zero-order valence-electron chi connectivity index (χ0n) is 5.12. The van der Waals surface area contributed by atoms with Gasteiger partial charge in [-0.15, -0.1) is 0 Å². The van der Waals surface area contributed by atoms with E-state index in [0.29, 0.717) is 0 Å². The molecule has 0 aromatic rings. The molecule has 0 saturated heterocycles. The maximum Gasteiger partial charge on any atom is 0.248 e. The Morgan fingerprint density at radius 3 is 2.12 bits per heavy atom. The molecular formula is C6H10F2. The molecule has 0 saturated carbocycles. The fourth-order valence-electron chi connectivity index (χ4n) is 0.325. The normalized spacial score (nSPS) is 13.0. The van der Waals surface area contributed by atoms with Crippen LogP contribution in [0.4, 0.5) is 8.78 Å². The second-order valence-corrected chi connectivity index (χ2v) is 1.84. The first-order chi connectivity index (χ1) is 3.56. The molecule has 48 valence electrons. The first-order valence-electron chi connectivity index (χ1n) is 2.55. The number of hydrogen-bond donors (Lipinski definition) is 0. The number of rotatable bonds is 2. The van der Waals surface area contributed by atoms with Crippen molar-refractivity contribution in [2.24, 2.45) is 0 Å². The number of allylic oxidation sites excluding steroid dienone is 2. The fraction of sp³-hybridized carbons (Fsp3) is 0.667. The van der Waals surface area contributed by atoms with Crippen LogP contribution in [0.3, 0.4) is 0 Å². The summed E-state index contributed by atoms with van der Waals surface area (Å²) in [7, 11) is 0. The molecule has 0 aliphatic rings. The van der Waals surface area contributed by atoms with E-state index in [1.807, 2.05) is 0 Å². The van der Waals surface area contributed by atoms with Crippen LogP contribution >= 0.6 is 0 Å². The predicted octanol–water partition coefficient (Wildman–Crippen LogP) is 2.61. The van der Waals surface area contributed by atoms with Gasteiger partial charge in [0, 0.05) is 6.42 Å². The summed E-state index contributed by atoms with van der Waals surface area (Å²) < 4.78 is 23.7. The Kier molecular flexibility index (Phi) is 2.66. The first-order valence-corrected chi connectivity index (χ1v) is 2.55. The van der Waals surface area contributed by atoms with Crippen LogP contribution in [0.1, 0.15) is 20.3 Å². The smallest absolute Gasteiger partial charge is 0.207 e. The summed E-state index contributed by atoms with van der Waals surface area (Å²) in [5, 5.41) is 0. The number of hydrogen-bond acceptors (Lipinski definition) is 0. The lowest BCUT2D eigenvalue weighted by molar-refractivity contribution is 0.0255. The van der Waals surface area contributed by atoms with E-state index in [9.17, 15) is 8.78 Å². The van der Waals surface area contributed by atoms with Gasteiger partial charge in [0.05, 0.1) is 0 Å². The average Bonchev–Trinajstić information content (AvgIpc) is 1.59. The van der Waals surface area contributed by atoms with Crippen molar-refractivity contribution in [3.63, 3.8) is 0 Å². The SMILES string of the molecule is CC=CCC(C)(F)F. The summed E-state index contributed by atoms with van der Waals surface area (Å²) in [5.41, 5.74) is 0. The second-order valence-electron chi connectivity index (χ2n) is 1.84. The third-order valence-corrected chi connectivity index (χ3v) is 0.712. The average molecular weight is 120 g/mol. The number of halogens is 2. The Balaban J connectivity index is 3.39. The minimum Gasteiger partial charge on any atom is -0.207 e. The molecule has 0 aromatic heterocycles. The molecule has 0 unspecified atom stereocenters. The molecule has 2 heteroatoms. The van der Waals surface area contributed by atoms with Gasteiger partial charge in [-0.25, -0.2) is 8.78 Å². The van der Waals surface area contributed by atoms with E-state index in [0.717, 1.165) is 6.92 Å². The van der Waals surface area contributed by atoms with E-state index in [-0.39, 0.29) is 6.42 Å². The maximum absolute atomic E-state index is 11.9.